The van der Waals surface area contributed by atoms with Crippen molar-refractivity contribution in [1.82, 2.24) is 30.2 Å². The van der Waals surface area contributed by atoms with Gasteiger partial charge in [0.1, 0.15) is 11.4 Å². The molecule has 1 fully saturated rings. The Labute approximate surface area is 246 Å². The van der Waals surface area contributed by atoms with Gasteiger partial charge in [-0.2, -0.15) is 5.10 Å². The second kappa shape index (κ2) is 13.3. The maximum absolute atomic E-state index is 14.5. The molecule has 0 saturated carbocycles. The van der Waals surface area contributed by atoms with E-state index in [0.29, 0.717) is 67.8 Å². The number of hydrogen-bond acceptors (Lipinski definition) is 7. The van der Waals surface area contributed by atoms with E-state index in [0.717, 1.165) is 18.7 Å². The first-order valence-corrected chi connectivity index (χ1v) is 14.6. The number of amides is 3. The largest absolute Gasteiger partial charge is 0.484 e. The molecular weight excluding hydrogens is 536 g/mol. The molecule has 2 aliphatic rings. The minimum absolute atomic E-state index is 0.0252. The van der Waals surface area contributed by atoms with E-state index in [1.165, 1.54) is 0 Å². The fraction of sp³-hybridized carbons (Fsp3) is 0.484. The van der Waals surface area contributed by atoms with Gasteiger partial charge in [0.2, 0.25) is 5.91 Å². The smallest absolute Gasteiger partial charge is 0.270 e. The lowest BCUT2D eigenvalue weighted by Crippen LogP contribution is -2.56. The third-order valence-corrected chi connectivity index (χ3v) is 8.15. The zero-order valence-electron chi connectivity index (χ0n) is 24.4. The number of benzene rings is 2. The van der Waals surface area contributed by atoms with Crippen molar-refractivity contribution in [3.8, 4) is 5.75 Å². The fourth-order valence-electron chi connectivity index (χ4n) is 5.85. The van der Waals surface area contributed by atoms with E-state index in [9.17, 15) is 14.4 Å². The summed E-state index contributed by atoms with van der Waals surface area (Å²) in [6, 6.07) is 15.0. The molecule has 1 unspecified atom stereocenters. The fourth-order valence-corrected chi connectivity index (χ4v) is 5.85. The number of carbonyl (C=O) groups is 3. The summed E-state index contributed by atoms with van der Waals surface area (Å²) in [5.41, 5.74) is 1.07. The Morgan fingerprint density at radius 3 is 2.67 bits per heavy atom. The highest BCUT2D eigenvalue weighted by Crippen LogP contribution is 2.33. The molecule has 11 nitrogen and oxygen atoms in total. The lowest BCUT2D eigenvalue weighted by Gasteiger charge is -2.41. The highest BCUT2D eigenvalue weighted by molar-refractivity contribution is 6.05. The number of rotatable bonds is 5. The van der Waals surface area contributed by atoms with Crippen LogP contribution in [0.5, 0.6) is 5.75 Å². The van der Waals surface area contributed by atoms with Gasteiger partial charge in [-0.25, -0.2) is 0 Å². The number of nitrogens with one attached hydrogen (secondary N) is 2. The van der Waals surface area contributed by atoms with Crippen molar-refractivity contribution < 1.29 is 23.9 Å². The van der Waals surface area contributed by atoms with Crippen LogP contribution in [0.1, 0.15) is 28.9 Å². The molecule has 0 spiro atoms. The number of fused-ring (bicyclic) bond motifs is 5. The average Bonchev–Trinajstić information content (AvgIpc) is 3.37. The highest BCUT2D eigenvalue weighted by Gasteiger charge is 2.42. The Balaban J connectivity index is 1.55. The van der Waals surface area contributed by atoms with Gasteiger partial charge < -0.3 is 29.9 Å². The van der Waals surface area contributed by atoms with Gasteiger partial charge in [0.05, 0.1) is 17.5 Å². The Bertz CT molecular complexity index is 1420. The van der Waals surface area contributed by atoms with Crippen molar-refractivity contribution in [1.29, 1.82) is 0 Å². The van der Waals surface area contributed by atoms with Crippen LogP contribution >= 0.6 is 0 Å². The van der Waals surface area contributed by atoms with Crippen molar-refractivity contribution in [2.75, 3.05) is 66.6 Å². The molecular formula is C31H40N6O5. The Morgan fingerprint density at radius 1 is 1.05 bits per heavy atom. The first-order chi connectivity index (χ1) is 20.4. The Hall–Kier alpha value is -3.96. The molecule has 2 aliphatic heterocycles. The number of ether oxygens (including phenoxy) is 2. The van der Waals surface area contributed by atoms with Crippen LogP contribution in [0.25, 0.3) is 10.9 Å². The van der Waals surface area contributed by atoms with E-state index in [2.05, 4.69) is 27.7 Å². The first-order valence-electron chi connectivity index (χ1n) is 14.6. The van der Waals surface area contributed by atoms with Crippen LogP contribution in [-0.2, 0) is 27.3 Å². The van der Waals surface area contributed by atoms with Gasteiger partial charge in [-0.05, 0) is 50.1 Å². The van der Waals surface area contributed by atoms with E-state index >= 15 is 0 Å². The molecule has 3 aromatic rings. The van der Waals surface area contributed by atoms with Crippen molar-refractivity contribution in [2.24, 2.45) is 5.41 Å². The van der Waals surface area contributed by atoms with E-state index in [1.54, 1.807) is 17.9 Å². The molecule has 5 rings (SSSR count). The van der Waals surface area contributed by atoms with Gasteiger partial charge in [-0.1, -0.05) is 30.3 Å². The van der Waals surface area contributed by atoms with Gasteiger partial charge in [0.25, 0.3) is 11.8 Å². The van der Waals surface area contributed by atoms with Gasteiger partial charge in [-0.15, -0.1) is 0 Å². The van der Waals surface area contributed by atoms with Crippen molar-refractivity contribution in [3.63, 3.8) is 0 Å². The third kappa shape index (κ3) is 6.74. The molecule has 0 aliphatic carbocycles. The lowest BCUT2D eigenvalue weighted by atomic mass is 9.75. The van der Waals surface area contributed by atoms with Gasteiger partial charge in [0, 0.05) is 58.4 Å². The predicted molar refractivity (Wildman–Crippen MR) is 158 cm³/mol. The zero-order chi connectivity index (χ0) is 29.5. The lowest BCUT2D eigenvalue weighted by molar-refractivity contribution is -0.144. The van der Waals surface area contributed by atoms with Crippen molar-refractivity contribution in [3.05, 3.63) is 59.8 Å². The standard InChI is InChI=1S/C31H40N6O5/c1-35-14-16-36(17-15-35)30(40)31(11-6-18-41-2)20-23-7-5-8-24(19-23)42-21-27(38)32-12-13-37-28(29(39)33-22-31)25-9-3-4-10-26(25)34-37/h3-5,7-10,19H,6,11-18,20-22H2,1-2H3,(H,32,38)(H,33,39). The second-order valence-electron chi connectivity index (χ2n) is 11.2. The van der Waals surface area contributed by atoms with Crippen LogP contribution in [-0.4, -0.2) is 104 Å². The van der Waals surface area contributed by atoms with Crippen molar-refractivity contribution in [2.45, 2.75) is 25.8 Å². The Morgan fingerprint density at radius 2 is 1.86 bits per heavy atom. The number of aromatic nitrogens is 2. The van der Waals surface area contributed by atoms with Crippen LogP contribution < -0.4 is 15.4 Å². The zero-order valence-corrected chi connectivity index (χ0v) is 24.4. The number of nitrogens with zero attached hydrogens (tertiary/aromatic N) is 4. The molecule has 2 N–H and O–H groups in total. The average molecular weight is 577 g/mol. The van der Waals surface area contributed by atoms with Crippen LogP contribution in [0.4, 0.5) is 0 Å². The van der Waals surface area contributed by atoms with Gasteiger partial charge in [-0.3, -0.25) is 19.1 Å². The maximum Gasteiger partial charge on any atom is 0.270 e. The molecule has 0 radical (unpaired) electrons. The summed E-state index contributed by atoms with van der Waals surface area (Å²) in [5.74, 6) is 0.00489. The van der Waals surface area contributed by atoms with E-state index in [4.69, 9.17) is 9.47 Å². The molecule has 1 atom stereocenters. The molecule has 11 heteroatoms. The van der Waals surface area contributed by atoms with E-state index in [-0.39, 0.29) is 37.4 Å². The summed E-state index contributed by atoms with van der Waals surface area (Å²) in [6.07, 6.45) is 1.58. The minimum Gasteiger partial charge on any atom is -0.484 e. The summed E-state index contributed by atoms with van der Waals surface area (Å²) < 4.78 is 12.8. The van der Waals surface area contributed by atoms with Gasteiger partial charge >= 0.3 is 0 Å². The number of methoxy groups -OCH3 is 1. The monoisotopic (exact) mass is 576 g/mol. The summed E-state index contributed by atoms with van der Waals surface area (Å²) in [5, 5.41) is 11.3. The normalized spacial score (nSPS) is 20.9. The third-order valence-electron chi connectivity index (χ3n) is 8.15. The van der Waals surface area contributed by atoms with Crippen LogP contribution in [0.15, 0.2) is 48.5 Å². The number of likely N-dealkylation sites (N-methyl/N-ethyl adjacent to an activating group) is 1. The number of piperazine rings is 1. The Kier molecular flexibility index (Phi) is 9.38. The van der Waals surface area contributed by atoms with Crippen LogP contribution in [0.3, 0.4) is 0 Å². The maximum atomic E-state index is 14.5. The number of carbonyl (C=O) groups excluding carboxylic acids is 3. The SMILES string of the molecule is COCCCC1(C(=O)N2CCN(C)CC2)CNC(=O)c2c3ccccc3nn2CCNC(=O)COc2cccc(c2)C1. The van der Waals surface area contributed by atoms with Gasteiger partial charge in [0.15, 0.2) is 6.61 Å². The van der Waals surface area contributed by atoms with Crippen LogP contribution in [0, 0.1) is 5.41 Å². The highest BCUT2D eigenvalue weighted by atomic mass is 16.5. The quantitative estimate of drug-likeness (QED) is 0.444. The van der Waals surface area contributed by atoms with E-state index in [1.807, 2.05) is 47.4 Å². The summed E-state index contributed by atoms with van der Waals surface area (Å²) in [4.78, 5) is 45.1. The number of hydrogen-bond donors (Lipinski definition) is 2. The summed E-state index contributed by atoms with van der Waals surface area (Å²) >= 11 is 0. The summed E-state index contributed by atoms with van der Waals surface area (Å²) in [6.45, 7) is 3.94. The topological polar surface area (TPSA) is 118 Å². The second-order valence-corrected chi connectivity index (χ2v) is 11.2. The molecule has 42 heavy (non-hydrogen) atoms. The van der Waals surface area contributed by atoms with E-state index < -0.39 is 5.41 Å². The molecule has 1 aromatic heterocycles. The molecule has 3 amide bonds. The summed E-state index contributed by atoms with van der Waals surface area (Å²) in [7, 11) is 3.71. The first kappa shape index (κ1) is 29.5. The molecule has 2 aromatic carbocycles. The molecule has 1 saturated heterocycles. The molecule has 3 heterocycles. The van der Waals surface area contributed by atoms with Crippen molar-refractivity contribution >= 4 is 28.6 Å². The molecule has 2 bridgehead atoms. The minimum atomic E-state index is -0.919. The predicted octanol–water partition coefficient (Wildman–Crippen LogP) is 1.70. The van der Waals surface area contributed by atoms with Crippen LogP contribution in [0.2, 0.25) is 0 Å². The molecule has 224 valence electrons.